The van der Waals surface area contributed by atoms with Gasteiger partial charge in [0.2, 0.25) is 0 Å². The van der Waals surface area contributed by atoms with E-state index in [1.54, 1.807) is 17.2 Å². The van der Waals surface area contributed by atoms with Crippen molar-refractivity contribution in [1.29, 1.82) is 0 Å². The topological polar surface area (TPSA) is 63.7 Å². The number of nitrogens with one attached hydrogen (secondary N) is 1. The van der Waals surface area contributed by atoms with Gasteiger partial charge in [0, 0.05) is 19.3 Å². The van der Waals surface area contributed by atoms with Crippen molar-refractivity contribution in [3.63, 3.8) is 0 Å². The van der Waals surface area contributed by atoms with Crippen LogP contribution in [0.25, 0.3) is 0 Å². The minimum absolute atomic E-state index is 0.0721. The highest BCUT2D eigenvalue weighted by Crippen LogP contribution is 2.21. The highest BCUT2D eigenvalue weighted by molar-refractivity contribution is 6.33. The number of carbonyl (C=O) groups is 1. The Morgan fingerprint density at radius 2 is 2.12 bits per heavy atom. The number of benzene rings is 1. The third-order valence-electron chi connectivity index (χ3n) is 4.13. The number of nitrogens with zero attached hydrogens (tertiary/aromatic N) is 2. The molecule has 0 unspecified atom stereocenters. The van der Waals surface area contributed by atoms with Crippen molar-refractivity contribution in [1.82, 2.24) is 9.88 Å². The predicted octanol–water partition coefficient (Wildman–Crippen LogP) is 3.01. The van der Waals surface area contributed by atoms with Crippen LogP contribution in [0.5, 0.6) is 5.75 Å². The van der Waals surface area contributed by atoms with Gasteiger partial charge in [0.15, 0.2) is 0 Å². The van der Waals surface area contributed by atoms with E-state index in [2.05, 4.69) is 10.3 Å². The van der Waals surface area contributed by atoms with Crippen LogP contribution in [-0.2, 0) is 4.74 Å². The van der Waals surface area contributed by atoms with E-state index in [9.17, 15) is 4.79 Å². The minimum atomic E-state index is -0.0721. The lowest BCUT2D eigenvalue weighted by atomic mass is 10.2. The van der Waals surface area contributed by atoms with Crippen LogP contribution in [0, 0.1) is 6.92 Å². The lowest BCUT2D eigenvalue weighted by Gasteiger charge is -2.26. The van der Waals surface area contributed by atoms with E-state index >= 15 is 0 Å². The Hall–Kier alpha value is -2.31. The summed E-state index contributed by atoms with van der Waals surface area (Å²) in [4.78, 5) is 18.5. The van der Waals surface area contributed by atoms with E-state index in [1.807, 2.05) is 31.2 Å². The summed E-state index contributed by atoms with van der Waals surface area (Å²) in [7, 11) is 0. The molecule has 2 aromatic rings. The normalized spacial score (nSPS) is 14.2. The highest BCUT2D eigenvalue weighted by atomic mass is 35.5. The standard InChI is InChI=1S/C19H22ClN3O3/c1-14-4-2-3-5-17(14)26-9-6-21-18-16(20)12-15(13-22-18)19(24)23-7-10-25-11-8-23/h2-5,12-13H,6-11H2,1H3,(H,21,22). The zero-order valence-corrected chi connectivity index (χ0v) is 15.5. The van der Waals surface area contributed by atoms with E-state index in [4.69, 9.17) is 21.1 Å². The molecule has 3 rings (SSSR count). The molecule has 1 amide bonds. The fraction of sp³-hybridized carbons (Fsp3) is 0.368. The number of morpholine rings is 1. The third kappa shape index (κ3) is 4.65. The van der Waals surface area contributed by atoms with Crippen molar-refractivity contribution in [3.05, 3.63) is 52.7 Å². The summed E-state index contributed by atoms with van der Waals surface area (Å²) < 4.78 is 11.0. The molecule has 6 nitrogen and oxygen atoms in total. The van der Waals surface area contributed by atoms with Gasteiger partial charge in [-0.15, -0.1) is 0 Å². The van der Waals surface area contributed by atoms with E-state index in [0.717, 1.165) is 11.3 Å². The Kier molecular flexibility index (Phi) is 6.30. The zero-order chi connectivity index (χ0) is 18.4. The number of rotatable bonds is 6. The first-order chi connectivity index (χ1) is 12.6. The first-order valence-electron chi connectivity index (χ1n) is 8.60. The second kappa shape index (κ2) is 8.87. The average Bonchev–Trinajstić information content (AvgIpc) is 2.67. The maximum absolute atomic E-state index is 12.4. The number of carbonyl (C=O) groups excluding carboxylic acids is 1. The lowest BCUT2D eigenvalue weighted by Crippen LogP contribution is -2.40. The average molecular weight is 376 g/mol. The molecule has 1 saturated heterocycles. The van der Waals surface area contributed by atoms with Crippen molar-refractivity contribution < 1.29 is 14.3 Å². The molecule has 0 atom stereocenters. The summed E-state index contributed by atoms with van der Waals surface area (Å²) in [6, 6.07) is 9.51. The Morgan fingerprint density at radius 3 is 2.85 bits per heavy atom. The van der Waals surface area contributed by atoms with Gasteiger partial charge in [-0.2, -0.15) is 0 Å². The van der Waals surface area contributed by atoms with Gasteiger partial charge in [0.05, 0.1) is 30.3 Å². The summed E-state index contributed by atoms with van der Waals surface area (Å²) >= 11 is 6.27. The number of pyridine rings is 1. The second-order valence-corrected chi connectivity index (χ2v) is 6.41. The lowest BCUT2D eigenvalue weighted by molar-refractivity contribution is 0.0302. The van der Waals surface area contributed by atoms with E-state index in [0.29, 0.717) is 55.9 Å². The van der Waals surface area contributed by atoms with Gasteiger partial charge >= 0.3 is 0 Å². The van der Waals surface area contributed by atoms with Crippen molar-refractivity contribution in [3.8, 4) is 5.75 Å². The monoisotopic (exact) mass is 375 g/mol. The number of hydrogen-bond donors (Lipinski definition) is 1. The number of amides is 1. The first kappa shape index (κ1) is 18.5. The summed E-state index contributed by atoms with van der Waals surface area (Å²) in [6.07, 6.45) is 1.55. The molecule has 26 heavy (non-hydrogen) atoms. The molecule has 138 valence electrons. The van der Waals surface area contributed by atoms with Crippen molar-refractivity contribution in [2.24, 2.45) is 0 Å². The smallest absolute Gasteiger partial charge is 0.255 e. The van der Waals surface area contributed by atoms with Crippen LogP contribution in [0.4, 0.5) is 5.82 Å². The number of para-hydroxylation sites is 1. The van der Waals surface area contributed by atoms with Crippen LogP contribution in [-0.4, -0.2) is 55.2 Å². The molecule has 0 aliphatic carbocycles. The van der Waals surface area contributed by atoms with Crippen LogP contribution in [0.2, 0.25) is 5.02 Å². The van der Waals surface area contributed by atoms with Crippen LogP contribution >= 0.6 is 11.6 Å². The zero-order valence-electron chi connectivity index (χ0n) is 14.7. The molecular formula is C19H22ClN3O3. The third-order valence-corrected chi connectivity index (χ3v) is 4.42. The minimum Gasteiger partial charge on any atom is -0.491 e. The van der Waals surface area contributed by atoms with Crippen molar-refractivity contribution in [2.45, 2.75) is 6.92 Å². The number of anilines is 1. The molecule has 0 bridgehead atoms. The molecule has 0 radical (unpaired) electrons. The van der Waals surface area contributed by atoms with E-state index in [-0.39, 0.29) is 5.91 Å². The fourth-order valence-electron chi connectivity index (χ4n) is 2.68. The van der Waals surface area contributed by atoms with Crippen LogP contribution in [0.1, 0.15) is 15.9 Å². The number of halogens is 1. The molecule has 0 saturated carbocycles. The first-order valence-corrected chi connectivity index (χ1v) is 8.98. The van der Waals surface area contributed by atoms with Gasteiger partial charge in [-0.1, -0.05) is 29.8 Å². The molecule has 7 heteroatoms. The molecule has 1 aliphatic heterocycles. The summed E-state index contributed by atoms with van der Waals surface area (Å²) in [5.41, 5.74) is 1.58. The number of aromatic nitrogens is 1. The van der Waals surface area contributed by atoms with Crippen LogP contribution < -0.4 is 10.1 Å². The summed E-state index contributed by atoms with van der Waals surface area (Å²) in [6.45, 7) is 5.35. The van der Waals surface area contributed by atoms with Gasteiger partial charge in [-0.25, -0.2) is 4.98 Å². The predicted molar refractivity (Wildman–Crippen MR) is 101 cm³/mol. The number of aryl methyl sites for hydroxylation is 1. The van der Waals surface area contributed by atoms with Crippen LogP contribution in [0.3, 0.4) is 0 Å². The molecule has 1 aromatic heterocycles. The molecule has 2 heterocycles. The van der Waals surface area contributed by atoms with E-state index < -0.39 is 0 Å². The molecule has 1 fully saturated rings. The van der Waals surface area contributed by atoms with Crippen LogP contribution in [0.15, 0.2) is 36.5 Å². The molecule has 1 aliphatic rings. The van der Waals surface area contributed by atoms with Crippen molar-refractivity contribution in [2.75, 3.05) is 44.8 Å². The van der Waals surface area contributed by atoms with Gasteiger partial charge in [-0.3, -0.25) is 4.79 Å². The van der Waals surface area contributed by atoms with Crippen molar-refractivity contribution >= 4 is 23.3 Å². The molecule has 0 spiro atoms. The SMILES string of the molecule is Cc1ccccc1OCCNc1ncc(C(=O)N2CCOCC2)cc1Cl. The Balaban J connectivity index is 1.52. The largest absolute Gasteiger partial charge is 0.491 e. The van der Waals surface area contributed by atoms with Gasteiger partial charge in [-0.05, 0) is 24.6 Å². The molecule has 1 aromatic carbocycles. The maximum atomic E-state index is 12.4. The van der Waals surface area contributed by atoms with Gasteiger partial charge < -0.3 is 19.7 Å². The Labute approximate surface area is 158 Å². The Bertz CT molecular complexity index is 763. The summed E-state index contributed by atoms with van der Waals surface area (Å²) in [5, 5.41) is 3.55. The highest BCUT2D eigenvalue weighted by Gasteiger charge is 2.19. The quantitative estimate of drug-likeness (QED) is 0.786. The second-order valence-electron chi connectivity index (χ2n) is 6.00. The fourth-order valence-corrected chi connectivity index (χ4v) is 2.92. The Morgan fingerprint density at radius 1 is 1.35 bits per heavy atom. The number of hydrogen-bond acceptors (Lipinski definition) is 5. The molecular weight excluding hydrogens is 354 g/mol. The van der Waals surface area contributed by atoms with Gasteiger partial charge in [0.25, 0.3) is 5.91 Å². The van der Waals surface area contributed by atoms with Gasteiger partial charge in [0.1, 0.15) is 18.2 Å². The number of ether oxygens (including phenoxy) is 2. The summed E-state index contributed by atoms with van der Waals surface area (Å²) in [5.74, 6) is 1.33. The molecule has 1 N–H and O–H groups in total. The maximum Gasteiger partial charge on any atom is 0.255 e. The van der Waals surface area contributed by atoms with E-state index in [1.165, 1.54) is 0 Å².